The lowest BCUT2D eigenvalue weighted by Gasteiger charge is -2.08. The number of carbonyl (C=O) groups excluding carboxylic acids is 1. The van der Waals surface area contributed by atoms with Crippen LogP contribution in [0.2, 0.25) is 0 Å². The van der Waals surface area contributed by atoms with Crippen LogP contribution in [0.3, 0.4) is 0 Å². The maximum absolute atomic E-state index is 12.5. The summed E-state index contributed by atoms with van der Waals surface area (Å²) in [6.45, 7) is 0. The minimum absolute atomic E-state index is 0.178. The molecule has 0 amide bonds. The highest BCUT2D eigenvalue weighted by atomic mass is 127. The van der Waals surface area contributed by atoms with Crippen LogP contribution in [0.4, 0.5) is 8.78 Å². The summed E-state index contributed by atoms with van der Waals surface area (Å²) in [6, 6.07) is 1.57. The second-order valence-corrected chi connectivity index (χ2v) is 3.87. The van der Waals surface area contributed by atoms with Crippen molar-refractivity contribution in [1.82, 2.24) is 4.98 Å². The fraction of sp³-hybridized carbons (Fsp3) is 0.333. The van der Waals surface area contributed by atoms with Gasteiger partial charge in [0.15, 0.2) is 0 Å². The van der Waals surface area contributed by atoms with Crippen LogP contribution in [0, 0.1) is 3.57 Å². The van der Waals surface area contributed by atoms with E-state index >= 15 is 0 Å². The Labute approximate surface area is 99.0 Å². The average molecular weight is 327 g/mol. The smallest absolute Gasteiger partial charge is 0.310 e. The van der Waals surface area contributed by atoms with Crippen LogP contribution in [0.5, 0.6) is 0 Å². The maximum atomic E-state index is 12.5. The van der Waals surface area contributed by atoms with E-state index in [1.165, 1.54) is 13.3 Å². The number of ether oxygens (including phenoxy) is 1. The fourth-order valence-corrected chi connectivity index (χ4v) is 1.69. The summed E-state index contributed by atoms with van der Waals surface area (Å²) in [5.41, 5.74) is -0.118. The Hall–Kier alpha value is -0.790. The average Bonchev–Trinajstić information content (AvgIpc) is 2.20. The zero-order valence-corrected chi connectivity index (χ0v) is 9.99. The summed E-state index contributed by atoms with van der Waals surface area (Å²) in [5, 5.41) is 0. The van der Waals surface area contributed by atoms with E-state index in [2.05, 4.69) is 9.72 Å². The Bertz CT molecular complexity index is 371. The predicted octanol–water partition coefficient (Wildman–Crippen LogP) is 2.34. The van der Waals surface area contributed by atoms with E-state index in [9.17, 15) is 13.6 Å². The number of methoxy groups -OCH3 is 1. The van der Waals surface area contributed by atoms with E-state index in [1.807, 2.05) is 22.6 Å². The van der Waals surface area contributed by atoms with Crippen LogP contribution >= 0.6 is 22.6 Å². The molecule has 0 aliphatic rings. The summed E-state index contributed by atoms with van der Waals surface area (Å²) in [7, 11) is 1.22. The molecule has 15 heavy (non-hydrogen) atoms. The molecule has 1 aromatic rings. The highest BCUT2D eigenvalue weighted by molar-refractivity contribution is 14.1. The summed E-state index contributed by atoms with van der Waals surface area (Å²) in [6.07, 6.45) is -1.56. The SMILES string of the molecule is COC(=O)Cc1c(I)ccnc1C(F)F. The standard InChI is InChI=1S/C9H8F2INO2/c1-15-7(14)4-5-6(12)2-3-13-8(5)9(10)11/h2-3,9H,4H2,1H3. The lowest BCUT2D eigenvalue weighted by molar-refractivity contribution is -0.139. The Kier molecular flexibility index (Phi) is 4.37. The van der Waals surface area contributed by atoms with Crippen molar-refractivity contribution in [2.75, 3.05) is 7.11 Å². The van der Waals surface area contributed by atoms with E-state index in [-0.39, 0.29) is 17.7 Å². The molecule has 0 bridgehead atoms. The van der Waals surface area contributed by atoms with E-state index in [0.717, 1.165) is 0 Å². The molecule has 0 unspecified atom stereocenters. The van der Waals surface area contributed by atoms with Crippen LogP contribution in [0.25, 0.3) is 0 Å². The van der Waals surface area contributed by atoms with Crippen molar-refractivity contribution in [3.63, 3.8) is 0 Å². The van der Waals surface area contributed by atoms with Gasteiger partial charge in [-0.05, 0) is 28.7 Å². The third kappa shape index (κ3) is 3.08. The maximum Gasteiger partial charge on any atom is 0.310 e. The second kappa shape index (κ2) is 5.34. The number of rotatable bonds is 3. The van der Waals surface area contributed by atoms with Gasteiger partial charge in [-0.3, -0.25) is 9.78 Å². The number of hydrogen-bond donors (Lipinski definition) is 0. The molecule has 1 aromatic heterocycles. The molecule has 0 radical (unpaired) electrons. The molecule has 1 heterocycles. The van der Waals surface area contributed by atoms with Gasteiger partial charge in [0.1, 0.15) is 5.69 Å². The normalized spacial score (nSPS) is 10.5. The monoisotopic (exact) mass is 327 g/mol. The first-order chi connectivity index (χ1) is 7.06. The zero-order chi connectivity index (χ0) is 11.4. The number of alkyl halides is 2. The molecule has 0 atom stereocenters. The van der Waals surface area contributed by atoms with Gasteiger partial charge in [-0.1, -0.05) is 0 Å². The number of carbonyl (C=O) groups is 1. The van der Waals surface area contributed by atoms with Gasteiger partial charge < -0.3 is 4.74 Å². The van der Waals surface area contributed by atoms with Crippen LogP contribution in [-0.4, -0.2) is 18.1 Å². The quantitative estimate of drug-likeness (QED) is 0.632. The van der Waals surface area contributed by atoms with Crippen molar-refractivity contribution < 1.29 is 18.3 Å². The molecule has 0 aromatic carbocycles. The molecule has 0 N–H and O–H groups in total. The van der Waals surface area contributed by atoms with E-state index in [0.29, 0.717) is 3.57 Å². The molecular formula is C9H8F2INO2. The predicted molar refractivity (Wildman–Crippen MR) is 57.6 cm³/mol. The number of aromatic nitrogens is 1. The van der Waals surface area contributed by atoms with Gasteiger partial charge in [0.05, 0.1) is 13.5 Å². The molecule has 0 saturated heterocycles. The molecule has 3 nitrogen and oxygen atoms in total. The summed E-state index contributed by atoms with van der Waals surface area (Å²) >= 11 is 1.89. The molecule has 82 valence electrons. The Morgan fingerprint density at radius 1 is 1.67 bits per heavy atom. The van der Waals surface area contributed by atoms with Crippen molar-refractivity contribution in [3.8, 4) is 0 Å². The summed E-state index contributed by atoms with van der Waals surface area (Å²) < 4.78 is 30.1. The van der Waals surface area contributed by atoms with Gasteiger partial charge in [0, 0.05) is 15.3 Å². The first kappa shape index (κ1) is 12.3. The Morgan fingerprint density at radius 3 is 2.87 bits per heavy atom. The van der Waals surface area contributed by atoms with Gasteiger partial charge in [0.25, 0.3) is 6.43 Å². The number of esters is 1. The highest BCUT2D eigenvalue weighted by Gasteiger charge is 2.19. The molecule has 0 spiro atoms. The van der Waals surface area contributed by atoms with Crippen molar-refractivity contribution in [1.29, 1.82) is 0 Å². The summed E-state index contributed by atoms with van der Waals surface area (Å²) in [5.74, 6) is -0.553. The molecular weight excluding hydrogens is 319 g/mol. The van der Waals surface area contributed by atoms with E-state index < -0.39 is 12.4 Å². The van der Waals surface area contributed by atoms with Crippen LogP contribution < -0.4 is 0 Å². The number of nitrogens with zero attached hydrogens (tertiary/aromatic N) is 1. The molecule has 0 saturated carbocycles. The highest BCUT2D eigenvalue weighted by Crippen LogP contribution is 2.24. The van der Waals surface area contributed by atoms with Gasteiger partial charge in [-0.2, -0.15) is 0 Å². The molecule has 0 aliphatic heterocycles. The van der Waals surface area contributed by atoms with Crippen LogP contribution in [0.15, 0.2) is 12.3 Å². The summed E-state index contributed by atoms with van der Waals surface area (Å²) in [4.78, 5) is 14.6. The molecule has 6 heteroatoms. The van der Waals surface area contributed by atoms with E-state index in [1.54, 1.807) is 6.07 Å². The van der Waals surface area contributed by atoms with Gasteiger partial charge in [-0.15, -0.1) is 0 Å². The van der Waals surface area contributed by atoms with Crippen molar-refractivity contribution in [3.05, 3.63) is 27.1 Å². The Balaban J connectivity index is 3.07. The van der Waals surface area contributed by atoms with E-state index in [4.69, 9.17) is 0 Å². The zero-order valence-electron chi connectivity index (χ0n) is 7.84. The molecule has 0 aliphatic carbocycles. The number of pyridine rings is 1. The lowest BCUT2D eigenvalue weighted by atomic mass is 10.1. The van der Waals surface area contributed by atoms with Gasteiger partial charge in [0.2, 0.25) is 0 Å². The fourth-order valence-electron chi connectivity index (χ4n) is 1.06. The van der Waals surface area contributed by atoms with Gasteiger partial charge >= 0.3 is 5.97 Å². The van der Waals surface area contributed by atoms with Gasteiger partial charge in [-0.25, -0.2) is 8.78 Å². The second-order valence-electron chi connectivity index (χ2n) is 2.71. The van der Waals surface area contributed by atoms with Crippen LogP contribution in [0.1, 0.15) is 17.7 Å². The minimum Gasteiger partial charge on any atom is -0.469 e. The van der Waals surface area contributed by atoms with Crippen LogP contribution in [-0.2, 0) is 16.0 Å². The largest absolute Gasteiger partial charge is 0.469 e. The lowest BCUT2D eigenvalue weighted by Crippen LogP contribution is -2.10. The third-order valence-electron chi connectivity index (χ3n) is 1.79. The number of hydrogen-bond acceptors (Lipinski definition) is 3. The first-order valence-electron chi connectivity index (χ1n) is 4.04. The molecule has 0 fully saturated rings. The minimum atomic E-state index is -2.68. The van der Waals surface area contributed by atoms with Crippen molar-refractivity contribution in [2.24, 2.45) is 0 Å². The van der Waals surface area contributed by atoms with Crippen molar-refractivity contribution >= 4 is 28.6 Å². The first-order valence-corrected chi connectivity index (χ1v) is 5.12. The Morgan fingerprint density at radius 2 is 2.33 bits per heavy atom. The molecule has 1 rings (SSSR count). The third-order valence-corrected chi connectivity index (χ3v) is 2.80. The van der Waals surface area contributed by atoms with Crippen molar-refractivity contribution in [2.45, 2.75) is 12.8 Å². The number of halogens is 3. The topological polar surface area (TPSA) is 39.2 Å².